The lowest BCUT2D eigenvalue weighted by Crippen LogP contribution is -2.17. The number of hydrogen-bond acceptors (Lipinski definition) is 6. The molecule has 6 rings (SSSR count). The molecule has 0 unspecified atom stereocenters. The summed E-state index contributed by atoms with van der Waals surface area (Å²) < 4.78 is 2.04. The van der Waals surface area contributed by atoms with Gasteiger partial charge < -0.3 is 10.6 Å². The molecule has 0 atom stereocenters. The monoisotopic (exact) mass is 470 g/mol. The third kappa shape index (κ3) is 4.13. The van der Waals surface area contributed by atoms with E-state index >= 15 is 0 Å². The smallest absolute Gasteiger partial charge is 0.223 e. The van der Waals surface area contributed by atoms with Crippen molar-refractivity contribution in [1.29, 1.82) is 0 Å². The van der Waals surface area contributed by atoms with Crippen LogP contribution >= 0.6 is 12.6 Å². The summed E-state index contributed by atoms with van der Waals surface area (Å²) in [7, 11) is 0. The van der Waals surface area contributed by atoms with E-state index in [-0.39, 0.29) is 0 Å². The first-order valence-corrected chi connectivity index (χ1v) is 12.9. The number of hydrogen-bond donors (Lipinski definition) is 3. The highest BCUT2D eigenvalue weighted by molar-refractivity contribution is 7.80. The lowest BCUT2D eigenvalue weighted by Gasteiger charge is -2.14. The molecule has 2 aliphatic rings. The summed E-state index contributed by atoms with van der Waals surface area (Å²) in [5, 5.41) is 12.4. The van der Waals surface area contributed by atoms with Crippen LogP contribution in [0.2, 0.25) is 0 Å². The summed E-state index contributed by atoms with van der Waals surface area (Å²) in [6, 6.07) is 17.4. The second kappa shape index (κ2) is 9.29. The van der Waals surface area contributed by atoms with E-state index in [4.69, 9.17) is 22.7 Å². The molecule has 0 aliphatic heterocycles. The minimum Gasteiger partial charge on any atom is -0.367 e. The second-order valence-electron chi connectivity index (χ2n) is 9.47. The van der Waals surface area contributed by atoms with Crippen LogP contribution in [0.25, 0.3) is 28.0 Å². The van der Waals surface area contributed by atoms with Crippen molar-refractivity contribution in [3.8, 4) is 22.5 Å². The lowest BCUT2D eigenvalue weighted by molar-refractivity contribution is 0.742. The van der Waals surface area contributed by atoms with Gasteiger partial charge in [0, 0.05) is 28.7 Å². The Labute approximate surface area is 205 Å². The van der Waals surface area contributed by atoms with Crippen LogP contribution < -0.4 is 10.6 Å². The summed E-state index contributed by atoms with van der Waals surface area (Å²) in [4.78, 5) is 10.4. The van der Waals surface area contributed by atoms with E-state index in [9.17, 15) is 0 Å². The Balaban J connectivity index is 1.49. The van der Waals surface area contributed by atoms with Crippen molar-refractivity contribution in [2.45, 2.75) is 68.3 Å². The molecule has 6 nitrogen and oxygen atoms in total. The van der Waals surface area contributed by atoms with Gasteiger partial charge in [-0.15, -0.1) is 12.6 Å². The number of benzene rings is 1. The highest BCUT2D eigenvalue weighted by atomic mass is 32.1. The molecule has 4 aromatic rings. The van der Waals surface area contributed by atoms with E-state index < -0.39 is 0 Å². The quantitative estimate of drug-likeness (QED) is 0.282. The second-order valence-corrected chi connectivity index (χ2v) is 9.95. The topological polar surface area (TPSA) is 67.1 Å². The van der Waals surface area contributed by atoms with Gasteiger partial charge in [0.05, 0.1) is 16.8 Å². The molecule has 3 heterocycles. The zero-order chi connectivity index (χ0) is 22.9. The largest absolute Gasteiger partial charge is 0.367 e. The van der Waals surface area contributed by atoms with Crippen molar-refractivity contribution in [3.63, 3.8) is 0 Å². The Morgan fingerprint density at radius 3 is 2.32 bits per heavy atom. The fourth-order valence-electron chi connectivity index (χ4n) is 5.39. The molecular weight excluding hydrogens is 440 g/mol. The predicted octanol–water partition coefficient (Wildman–Crippen LogP) is 6.46. The maximum absolute atomic E-state index is 5.12. The van der Waals surface area contributed by atoms with E-state index in [2.05, 4.69) is 39.9 Å². The van der Waals surface area contributed by atoms with Gasteiger partial charge in [-0.25, -0.2) is 14.5 Å². The minimum absolute atomic E-state index is 0.457. The van der Waals surface area contributed by atoms with Crippen LogP contribution in [0.1, 0.15) is 51.4 Å². The fourth-order valence-corrected chi connectivity index (χ4v) is 5.66. The number of rotatable bonds is 6. The molecule has 0 saturated heterocycles. The number of nitrogens with zero attached hydrogens (tertiary/aromatic N) is 4. The van der Waals surface area contributed by atoms with Crippen LogP contribution in [-0.2, 0) is 0 Å². The fraction of sp³-hybridized carbons (Fsp3) is 0.370. The molecule has 0 spiro atoms. The van der Waals surface area contributed by atoms with E-state index in [0.717, 1.165) is 38.7 Å². The Kier molecular flexibility index (Phi) is 5.87. The van der Waals surface area contributed by atoms with Crippen LogP contribution in [0.4, 0.5) is 11.8 Å². The maximum atomic E-state index is 5.12. The van der Waals surface area contributed by atoms with Crippen molar-refractivity contribution >= 4 is 29.9 Å². The first-order chi connectivity index (χ1) is 16.8. The molecule has 0 amide bonds. The number of thiol groups is 1. The number of fused-ring (bicyclic) bond motifs is 1. The number of aromatic nitrogens is 4. The molecule has 1 aromatic carbocycles. The van der Waals surface area contributed by atoms with Gasteiger partial charge in [0.1, 0.15) is 11.5 Å². The molecule has 0 bridgehead atoms. The minimum atomic E-state index is 0.457. The van der Waals surface area contributed by atoms with E-state index in [1.54, 1.807) is 0 Å². The van der Waals surface area contributed by atoms with E-state index in [1.165, 1.54) is 51.4 Å². The molecule has 174 valence electrons. The highest BCUT2D eigenvalue weighted by Crippen LogP contribution is 2.38. The van der Waals surface area contributed by atoms with Gasteiger partial charge in [-0.2, -0.15) is 5.10 Å². The Morgan fingerprint density at radius 1 is 0.824 bits per heavy atom. The van der Waals surface area contributed by atoms with Gasteiger partial charge in [-0.3, -0.25) is 0 Å². The van der Waals surface area contributed by atoms with Crippen LogP contribution in [0.15, 0.2) is 59.6 Å². The van der Waals surface area contributed by atoms with Crippen molar-refractivity contribution < 1.29 is 0 Å². The first-order valence-electron chi connectivity index (χ1n) is 12.4. The summed E-state index contributed by atoms with van der Waals surface area (Å²) in [5.41, 5.74) is 4.79. The molecular formula is C27H30N6S. The number of anilines is 2. The van der Waals surface area contributed by atoms with Crippen molar-refractivity contribution in [2.75, 3.05) is 10.6 Å². The highest BCUT2D eigenvalue weighted by Gasteiger charge is 2.23. The first kappa shape index (κ1) is 21.5. The average molecular weight is 471 g/mol. The average Bonchev–Trinajstić information content (AvgIpc) is 3.61. The molecule has 2 saturated carbocycles. The summed E-state index contributed by atoms with van der Waals surface area (Å²) >= 11 is 4.76. The molecule has 2 aliphatic carbocycles. The van der Waals surface area contributed by atoms with Gasteiger partial charge in [0.15, 0.2) is 0 Å². The summed E-state index contributed by atoms with van der Waals surface area (Å²) in [5.74, 6) is 1.71. The number of nitrogens with one attached hydrogen (secondary N) is 2. The maximum Gasteiger partial charge on any atom is 0.223 e. The van der Waals surface area contributed by atoms with Crippen LogP contribution in [-0.4, -0.2) is 31.7 Å². The van der Waals surface area contributed by atoms with Gasteiger partial charge in [-0.05, 0) is 49.9 Å². The van der Waals surface area contributed by atoms with Crippen LogP contribution in [0.5, 0.6) is 0 Å². The van der Waals surface area contributed by atoms with Gasteiger partial charge in [0.25, 0.3) is 0 Å². The third-order valence-electron chi connectivity index (χ3n) is 7.12. The van der Waals surface area contributed by atoms with Crippen molar-refractivity contribution in [2.24, 2.45) is 0 Å². The lowest BCUT2D eigenvalue weighted by atomic mass is 10.0. The molecule has 3 aromatic heterocycles. The standard InChI is InChI=1S/C27H30N6S/c34-23-14-6-5-12-20(23)26-25(21-16-17-28-27(31-21)30-19-10-3-4-11-19)22-13-7-15-24(33(22)32-26)29-18-8-1-2-9-18/h5-7,12-19,29,34H,1-4,8-11H2,(H,28,30,31). The molecule has 0 radical (unpaired) electrons. The summed E-state index contributed by atoms with van der Waals surface area (Å²) in [6.45, 7) is 0. The van der Waals surface area contributed by atoms with Crippen LogP contribution in [0, 0.1) is 0 Å². The van der Waals surface area contributed by atoms with Crippen LogP contribution in [0.3, 0.4) is 0 Å². The zero-order valence-corrected chi connectivity index (χ0v) is 20.1. The van der Waals surface area contributed by atoms with Gasteiger partial charge >= 0.3 is 0 Å². The van der Waals surface area contributed by atoms with E-state index in [1.807, 2.05) is 35.0 Å². The Bertz CT molecular complexity index is 1300. The Morgan fingerprint density at radius 2 is 1.56 bits per heavy atom. The summed E-state index contributed by atoms with van der Waals surface area (Å²) in [6.07, 6.45) is 11.7. The third-order valence-corrected chi connectivity index (χ3v) is 7.51. The van der Waals surface area contributed by atoms with Crippen molar-refractivity contribution in [1.82, 2.24) is 19.6 Å². The molecule has 7 heteroatoms. The SMILES string of the molecule is Sc1ccccc1-c1nn2c(NC3CCCC3)cccc2c1-c1ccnc(NC2CCCC2)n1. The van der Waals surface area contributed by atoms with E-state index in [0.29, 0.717) is 18.0 Å². The zero-order valence-electron chi connectivity index (χ0n) is 19.2. The molecule has 2 N–H and O–H groups in total. The van der Waals surface area contributed by atoms with Gasteiger partial charge in [0.2, 0.25) is 5.95 Å². The Hall–Kier alpha value is -3.06. The molecule has 2 fully saturated rings. The van der Waals surface area contributed by atoms with Crippen molar-refractivity contribution in [3.05, 3.63) is 54.7 Å². The molecule has 34 heavy (non-hydrogen) atoms. The predicted molar refractivity (Wildman–Crippen MR) is 141 cm³/mol. The van der Waals surface area contributed by atoms with Gasteiger partial charge in [-0.1, -0.05) is 49.9 Å². The normalized spacial score (nSPS) is 17.0. The number of pyridine rings is 1.